The van der Waals surface area contributed by atoms with Gasteiger partial charge in [0.1, 0.15) is 5.75 Å². The first-order valence-electron chi connectivity index (χ1n) is 7.00. The van der Waals surface area contributed by atoms with Crippen LogP contribution in [0.2, 0.25) is 0 Å². The van der Waals surface area contributed by atoms with E-state index < -0.39 is 0 Å². The molecule has 3 heteroatoms. The molecule has 0 aliphatic rings. The molecule has 21 heavy (non-hydrogen) atoms. The van der Waals surface area contributed by atoms with E-state index >= 15 is 0 Å². The maximum Gasteiger partial charge on any atom is 0.343 e. The lowest BCUT2D eigenvalue weighted by atomic mass is 10.0. The first-order valence-corrected chi connectivity index (χ1v) is 7.00. The second kappa shape index (κ2) is 7.04. The van der Waals surface area contributed by atoms with Crippen molar-refractivity contribution < 1.29 is 14.3 Å². The monoisotopic (exact) mass is 284 g/mol. The van der Waals surface area contributed by atoms with E-state index in [0.29, 0.717) is 23.8 Å². The summed E-state index contributed by atoms with van der Waals surface area (Å²) in [5.74, 6) is 0.574. The molecule has 0 aromatic heterocycles. The predicted octanol–water partition coefficient (Wildman–Crippen LogP) is 4.18. The van der Waals surface area contributed by atoms with Crippen molar-refractivity contribution in [2.45, 2.75) is 26.4 Å². The number of esters is 1. The molecule has 0 heterocycles. The average molecular weight is 284 g/mol. The fourth-order valence-electron chi connectivity index (χ4n) is 2.16. The third-order valence-corrected chi connectivity index (χ3v) is 3.22. The van der Waals surface area contributed by atoms with Crippen LogP contribution >= 0.6 is 0 Å². The highest BCUT2D eigenvalue weighted by molar-refractivity contribution is 5.91. The molecule has 110 valence electrons. The third kappa shape index (κ3) is 3.92. The Balaban J connectivity index is 2.20. The SMILES string of the molecule is COCc1cccc(C(=O)Oc2ccccc2C(C)C)c1. The molecule has 0 spiro atoms. The van der Waals surface area contributed by atoms with Gasteiger partial charge in [0.2, 0.25) is 0 Å². The van der Waals surface area contributed by atoms with Crippen LogP contribution in [0, 0.1) is 0 Å². The summed E-state index contributed by atoms with van der Waals surface area (Å²) in [5.41, 5.74) is 2.51. The third-order valence-electron chi connectivity index (χ3n) is 3.22. The minimum Gasteiger partial charge on any atom is -0.423 e. The Labute approximate surface area is 125 Å². The number of ether oxygens (including phenoxy) is 2. The van der Waals surface area contributed by atoms with Crippen LogP contribution in [0.1, 0.15) is 41.3 Å². The van der Waals surface area contributed by atoms with Crippen molar-refractivity contribution in [3.63, 3.8) is 0 Å². The molecule has 0 saturated carbocycles. The lowest BCUT2D eigenvalue weighted by Gasteiger charge is -2.12. The lowest BCUT2D eigenvalue weighted by Crippen LogP contribution is -2.10. The van der Waals surface area contributed by atoms with Crippen LogP contribution in [-0.2, 0) is 11.3 Å². The minimum atomic E-state index is -0.346. The number of carbonyl (C=O) groups excluding carboxylic acids is 1. The van der Waals surface area contributed by atoms with E-state index in [9.17, 15) is 4.79 Å². The number of benzene rings is 2. The summed E-state index contributed by atoms with van der Waals surface area (Å²) in [4.78, 5) is 12.3. The molecule has 2 aromatic carbocycles. The Morgan fingerprint density at radius 3 is 2.57 bits per heavy atom. The number of hydrogen-bond donors (Lipinski definition) is 0. The van der Waals surface area contributed by atoms with Crippen LogP contribution in [-0.4, -0.2) is 13.1 Å². The first-order chi connectivity index (χ1) is 10.1. The summed E-state index contributed by atoms with van der Waals surface area (Å²) in [7, 11) is 1.63. The van der Waals surface area contributed by atoms with E-state index in [0.717, 1.165) is 11.1 Å². The van der Waals surface area contributed by atoms with Gasteiger partial charge in [0.05, 0.1) is 12.2 Å². The summed E-state index contributed by atoms with van der Waals surface area (Å²) < 4.78 is 10.6. The lowest BCUT2D eigenvalue weighted by molar-refractivity contribution is 0.0732. The van der Waals surface area contributed by atoms with Crippen molar-refractivity contribution >= 4 is 5.97 Å². The van der Waals surface area contributed by atoms with Gasteiger partial charge in [0.15, 0.2) is 0 Å². The molecule has 0 amide bonds. The smallest absolute Gasteiger partial charge is 0.343 e. The van der Waals surface area contributed by atoms with Gasteiger partial charge in [-0.15, -0.1) is 0 Å². The Kier molecular flexibility index (Phi) is 5.12. The summed E-state index contributed by atoms with van der Waals surface area (Å²) >= 11 is 0. The molecular formula is C18H20O3. The zero-order valence-corrected chi connectivity index (χ0v) is 12.6. The van der Waals surface area contributed by atoms with Crippen molar-refractivity contribution in [1.82, 2.24) is 0 Å². The molecule has 0 saturated heterocycles. The van der Waals surface area contributed by atoms with Crippen molar-refractivity contribution in [3.8, 4) is 5.75 Å². The molecule has 0 unspecified atom stereocenters. The second-order valence-corrected chi connectivity index (χ2v) is 5.22. The second-order valence-electron chi connectivity index (χ2n) is 5.22. The summed E-state index contributed by atoms with van der Waals surface area (Å²) in [6, 6.07) is 14.9. The van der Waals surface area contributed by atoms with Crippen LogP contribution in [0.4, 0.5) is 0 Å². The Bertz CT molecular complexity index is 617. The summed E-state index contributed by atoms with van der Waals surface area (Å²) in [5, 5.41) is 0. The highest BCUT2D eigenvalue weighted by Crippen LogP contribution is 2.26. The largest absolute Gasteiger partial charge is 0.423 e. The van der Waals surface area contributed by atoms with Crippen molar-refractivity contribution in [3.05, 3.63) is 65.2 Å². The fraction of sp³-hybridized carbons (Fsp3) is 0.278. The Morgan fingerprint density at radius 2 is 1.86 bits per heavy atom. The normalized spacial score (nSPS) is 10.7. The van der Waals surface area contributed by atoms with E-state index in [2.05, 4.69) is 13.8 Å². The van der Waals surface area contributed by atoms with Gasteiger partial charge >= 0.3 is 5.97 Å². The maximum atomic E-state index is 12.3. The van der Waals surface area contributed by atoms with Crippen LogP contribution in [0.3, 0.4) is 0 Å². The number of methoxy groups -OCH3 is 1. The van der Waals surface area contributed by atoms with Crippen LogP contribution in [0.25, 0.3) is 0 Å². The first kappa shape index (κ1) is 15.3. The molecule has 0 atom stereocenters. The zero-order chi connectivity index (χ0) is 15.2. The van der Waals surface area contributed by atoms with E-state index in [1.54, 1.807) is 19.2 Å². The highest BCUT2D eigenvalue weighted by atomic mass is 16.5. The quantitative estimate of drug-likeness (QED) is 0.610. The maximum absolute atomic E-state index is 12.3. The van der Waals surface area contributed by atoms with Gasteiger partial charge in [0.25, 0.3) is 0 Å². The van der Waals surface area contributed by atoms with E-state index in [1.165, 1.54) is 0 Å². The number of para-hydroxylation sites is 1. The van der Waals surface area contributed by atoms with Gasteiger partial charge < -0.3 is 9.47 Å². The van der Waals surface area contributed by atoms with Gasteiger partial charge in [-0.1, -0.05) is 44.2 Å². The molecule has 2 aromatic rings. The van der Waals surface area contributed by atoms with Gasteiger partial charge in [-0.2, -0.15) is 0 Å². The van der Waals surface area contributed by atoms with Gasteiger partial charge in [-0.05, 0) is 35.2 Å². The molecule has 0 N–H and O–H groups in total. The van der Waals surface area contributed by atoms with Crippen LogP contribution < -0.4 is 4.74 Å². The van der Waals surface area contributed by atoms with Gasteiger partial charge in [-0.25, -0.2) is 4.79 Å². The van der Waals surface area contributed by atoms with E-state index in [1.807, 2.05) is 36.4 Å². The zero-order valence-electron chi connectivity index (χ0n) is 12.6. The average Bonchev–Trinajstić information content (AvgIpc) is 2.48. The molecule has 0 aliphatic carbocycles. The molecule has 0 bridgehead atoms. The Hall–Kier alpha value is -2.13. The van der Waals surface area contributed by atoms with Crippen LogP contribution in [0.5, 0.6) is 5.75 Å². The fourth-order valence-corrected chi connectivity index (χ4v) is 2.16. The van der Waals surface area contributed by atoms with E-state index in [4.69, 9.17) is 9.47 Å². The predicted molar refractivity (Wildman–Crippen MR) is 82.6 cm³/mol. The number of rotatable bonds is 5. The molecule has 0 aliphatic heterocycles. The highest BCUT2D eigenvalue weighted by Gasteiger charge is 2.13. The molecule has 2 rings (SSSR count). The number of hydrogen-bond acceptors (Lipinski definition) is 3. The standard InChI is InChI=1S/C18H20O3/c1-13(2)16-9-4-5-10-17(16)21-18(19)15-8-6-7-14(11-15)12-20-3/h4-11,13H,12H2,1-3H3. The van der Waals surface area contributed by atoms with Crippen molar-refractivity contribution in [1.29, 1.82) is 0 Å². The molecular weight excluding hydrogens is 264 g/mol. The number of carbonyl (C=O) groups is 1. The molecule has 0 radical (unpaired) electrons. The van der Waals surface area contributed by atoms with Gasteiger partial charge in [-0.3, -0.25) is 0 Å². The molecule has 0 fully saturated rings. The minimum absolute atomic E-state index is 0.300. The summed E-state index contributed by atoms with van der Waals surface area (Å²) in [6.07, 6.45) is 0. The van der Waals surface area contributed by atoms with Gasteiger partial charge in [0, 0.05) is 7.11 Å². The van der Waals surface area contributed by atoms with E-state index in [-0.39, 0.29) is 5.97 Å². The van der Waals surface area contributed by atoms with Crippen molar-refractivity contribution in [2.24, 2.45) is 0 Å². The van der Waals surface area contributed by atoms with Crippen molar-refractivity contribution in [2.75, 3.05) is 7.11 Å². The topological polar surface area (TPSA) is 35.5 Å². The summed E-state index contributed by atoms with van der Waals surface area (Å²) in [6.45, 7) is 4.63. The van der Waals surface area contributed by atoms with Crippen LogP contribution in [0.15, 0.2) is 48.5 Å². The Morgan fingerprint density at radius 1 is 1.10 bits per heavy atom. The molecule has 3 nitrogen and oxygen atoms in total.